The summed E-state index contributed by atoms with van der Waals surface area (Å²) in [5.41, 5.74) is 3.86. The van der Waals surface area contributed by atoms with Crippen LogP contribution in [0.15, 0.2) is 107 Å². The number of rotatable bonds is 11. The van der Waals surface area contributed by atoms with Crippen molar-refractivity contribution in [2.24, 2.45) is 0 Å². The summed E-state index contributed by atoms with van der Waals surface area (Å²) >= 11 is 12.4. The number of thiocarbonyl (C=S) groups is 1. The van der Waals surface area contributed by atoms with Crippen LogP contribution in [0.1, 0.15) is 25.8 Å². The van der Waals surface area contributed by atoms with Crippen LogP contribution in [0.4, 0.5) is 17.1 Å². The number of nitrogens with one attached hydrogen (secondary N) is 1. The number of carbonyl (C=O) groups is 3. The Morgan fingerprint density at radius 2 is 1.45 bits per heavy atom. The van der Waals surface area contributed by atoms with Crippen LogP contribution in [-0.4, -0.2) is 54.6 Å². The Kier molecular flexibility index (Phi) is 11.5. The SMILES string of the molecule is COc1ccc(N2C(=O)C(=C/C=C/C=C3/N(CCCNC(=O)CI)c4ccc(S)cc4C3(C)C)C(=O)N(c3ccc(OC)cc3)C2=S)cc1. The molecule has 3 aromatic carbocycles. The van der Waals surface area contributed by atoms with Crippen molar-refractivity contribution < 1.29 is 23.9 Å². The number of hydrogen-bond acceptors (Lipinski definition) is 8. The number of thiol groups is 1. The smallest absolute Gasteiger partial charge is 0.270 e. The second kappa shape index (κ2) is 15.6. The maximum atomic E-state index is 14.0. The predicted octanol–water partition coefficient (Wildman–Crippen LogP) is 6.76. The number of ether oxygens (including phenoxy) is 2. The topological polar surface area (TPSA) is 91.4 Å². The Labute approximate surface area is 311 Å². The molecule has 0 spiro atoms. The molecule has 0 bridgehead atoms. The van der Waals surface area contributed by atoms with Crippen molar-refractivity contribution in [2.45, 2.75) is 30.6 Å². The highest BCUT2D eigenvalue weighted by Gasteiger charge is 2.42. The number of anilines is 3. The zero-order chi connectivity index (χ0) is 35.3. The highest BCUT2D eigenvalue weighted by Crippen LogP contribution is 2.48. The summed E-state index contributed by atoms with van der Waals surface area (Å²) in [5, 5.41) is 2.98. The molecule has 0 aliphatic carbocycles. The van der Waals surface area contributed by atoms with Crippen LogP contribution >= 0.6 is 47.4 Å². The molecular weight excluding hydrogens is 771 g/mol. The van der Waals surface area contributed by atoms with Crippen LogP contribution in [0.3, 0.4) is 0 Å². The molecule has 1 fully saturated rings. The lowest BCUT2D eigenvalue weighted by Gasteiger charge is -2.36. The van der Waals surface area contributed by atoms with Gasteiger partial charge in [0.15, 0.2) is 5.11 Å². The molecular formula is C37H37IN4O5S2. The van der Waals surface area contributed by atoms with E-state index >= 15 is 0 Å². The molecule has 9 nitrogen and oxygen atoms in total. The Bertz CT molecular complexity index is 1780. The lowest BCUT2D eigenvalue weighted by atomic mass is 9.83. The van der Waals surface area contributed by atoms with Gasteiger partial charge in [0.25, 0.3) is 11.8 Å². The fourth-order valence-corrected chi connectivity index (χ4v) is 6.73. The van der Waals surface area contributed by atoms with E-state index in [-0.39, 0.29) is 22.0 Å². The fraction of sp³-hybridized carbons (Fsp3) is 0.243. The van der Waals surface area contributed by atoms with Gasteiger partial charge in [-0.25, -0.2) is 0 Å². The number of alkyl halides is 1. The Hall–Kier alpha value is -4.14. The van der Waals surface area contributed by atoms with Crippen molar-refractivity contribution in [3.8, 4) is 11.5 Å². The average molecular weight is 809 g/mol. The van der Waals surface area contributed by atoms with Crippen molar-refractivity contribution in [3.63, 3.8) is 0 Å². The third kappa shape index (κ3) is 7.55. The molecule has 5 rings (SSSR count). The minimum Gasteiger partial charge on any atom is -0.497 e. The first-order valence-electron chi connectivity index (χ1n) is 15.6. The highest BCUT2D eigenvalue weighted by atomic mass is 127. The first-order chi connectivity index (χ1) is 23.5. The average Bonchev–Trinajstić information content (AvgIpc) is 3.30. The minimum atomic E-state index is -0.535. The molecule has 12 heteroatoms. The molecule has 3 amide bonds. The van der Waals surface area contributed by atoms with E-state index < -0.39 is 11.8 Å². The lowest BCUT2D eigenvalue weighted by molar-refractivity contribution is -0.121. The third-order valence-electron chi connectivity index (χ3n) is 8.42. The van der Waals surface area contributed by atoms with Crippen molar-refractivity contribution in [1.82, 2.24) is 5.32 Å². The van der Waals surface area contributed by atoms with Crippen LogP contribution < -0.4 is 29.5 Å². The summed E-state index contributed by atoms with van der Waals surface area (Å²) in [7, 11) is 3.13. The van der Waals surface area contributed by atoms with Gasteiger partial charge in [0.2, 0.25) is 5.91 Å². The number of amides is 3. The van der Waals surface area contributed by atoms with Gasteiger partial charge < -0.3 is 19.7 Å². The predicted molar refractivity (Wildman–Crippen MR) is 209 cm³/mol. The molecule has 0 atom stereocenters. The zero-order valence-corrected chi connectivity index (χ0v) is 31.5. The molecule has 0 saturated carbocycles. The van der Waals surface area contributed by atoms with E-state index in [0.717, 1.165) is 28.3 Å². The zero-order valence-electron chi connectivity index (χ0n) is 27.6. The second-order valence-electron chi connectivity index (χ2n) is 11.8. The van der Waals surface area contributed by atoms with E-state index in [9.17, 15) is 14.4 Å². The van der Waals surface area contributed by atoms with E-state index in [0.29, 0.717) is 40.4 Å². The van der Waals surface area contributed by atoms with Crippen molar-refractivity contribution in [3.05, 3.63) is 108 Å². The number of benzene rings is 3. The third-order valence-corrected chi connectivity index (χ3v) is 9.75. The number of nitrogens with zero attached hydrogens (tertiary/aromatic N) is 3. The normalized spacial score (nSPS) is 16.4. The molecule has 2 aliphatic rings. The molecule has 3 aromatic rings. The van der Waals surface area contributed by atoms with Gasteiger partial charge in [-0.15, -0.1) is 12.6 Å². The molecule has 1 N–H and O–H groups in total. The second-order valence-corrected chi connectivity index (χ2v) is 13.4. The number of methoxy groups -OCH3 is 2. The van der Waals surface area contributed by atoms with E-state index in [2.05, 4.69) is 71.4 Å². The Balaban J connectivity index is 1.49. The molecule has 49 heavy (non-hydrogen) atoms. The van der Waals surface area contributed by atoms with E-state index in [1.54, 1.807) is 68.8 Å². The van der Waals surface area contributed by atoms with Crippen LogP contribution in [0, 0.1) is 0 Å². The van der Waals surface area contributed by atoms with Crippen molar-refractivity contribution >= 4 is 87.3 Å². The Morgan fingerprint density at radius 1 is 0.898 bits per heavy atom. The van der Waals surface area contributed by atoms with Gasteiger partial charge in [0.05, 0.1) is 30.0 Å². The number of carbonyl (C=O) groups excluding carboxylic acids is 3. The maximum absolute atomic E-state index is 14.0. The summed E-state index contributed by atoms with van der Waals surface area (Å²) in [6, 6.07) is 19.9. The number of hydrogen-bond donors (Lipinski definition) is 2. The van der Waals surface area contributed by atoms with E-state index in [1.165, 1.54) is 15.9 Å². The van der Waals surface area contributed by atoms with Gasteiger partial charge in [-0.3, -0.25) is 24.2 Å². The van der Waals surface area contributed by atoms with Gasteiger partial charge in [-0.05, 0) is 103 Å². The largest absolute Gasteiger partial charge is 0.497 e. The minimum absolute atomic E-state index is 0.0119. The fourth-order valence-electron chi connectivity index (χ4n) is 5.88. The van der Waals surface area contributed by atoms with Crippen molar-refractivity contribution in [2.75, 3.05) is 46.4 Å². The van der Waals surface area contributed by atoms with Gasteiger partial charge in [-0.2, -0.15) is 0 Å². The van der Waals surface area contributed by atoms with Gasteiger partial charge >= 0.3 is 0 Å². The highest BCUT2D eigenvalue weighted by molar-refractivity contribution is 14.1. The van der Waals surface area contributed by atoms with Crippen molar-refractivity contribution in [1.29, 1.82) is 0 Å². The molecule has 2 heterocycles. The van der Waals surface area contributed by atoms with Gasteiger partial charge in [0.1, 0.15) is 17.1 Å². The van der Waals surface area contributed by atoms with E-state index in [1.807, 2.05) is 18.2 Å². The molecule has 0 aromatic heterocycles. The molecule has 254 valence electrons. The monoisotopic (exact) mass is 808 g/mol. The first kappa shape index (κ1) is 36.1. The lowest BCUT2D eigenvalue weighted by Crippen LogP contribution is -2.57. The van der Waals surface area contributed by atoms with Crippen LogP contribution in [-0.2, 0) is 19.8 Å². The Morgan fingerprint density at radius 3 is 1.98 bits per heavy atom. The van der Waals surface area contributed by atoms with E-state index in [4.69, 9.17) is 21.7 Å². The standard InChI is InChI=1S/C37H37IN4O5S2/c1-37(2)30-22-28(48)18-19-31(30)40(21-7-20-39-33(43)23-38)32(37)9-6-5-8-29-34(44)41(24-10-14-26(46-3)15-11-24)36(49)42(35(29)45)25-12-16-27(47-4)17-13-25/h5-6,8-19,22,48H,7,20-21,23H2,1-4H3,(H,39,43)/b6-5+,32-9+. The summed E-state index contributed by atoms with van der Waals surface area (Å²) in [5.74, 6) is 0.185. The number of fused-ring (bicyclic) bond motifs is 1. The maximum Gasteiger partial charge on any atom is 0.270 e. The molecule has 1 saturated heterocycles. The quantitative estimate of drug-likeness (QED) is 0.0421. The van der Waals surface area contributed by atoms with Crippen LogP contribution in [0.25, 0.3) is 0 Å². The van der Waals surface area contributed by atoms with Crippen LogP contribution in [0.2, 0.25) is 0 Å². The van der Waals surface area contributed by atoms with Gasteiger partial charge in [-0.1, -0.05) is 48.6 Å². The number of allylic oxidation sites excluding steroid dienone is 5. The summed E-state index contributed by atoms with van der Waals surface area (Å²) in [6.07, 6.45) is 7.82. The van der Waals surface area contributed by atoms with Gasteiger partial charge in [0, 0.05) is 34.8 Å². The number of halogens is 1. The molecule has 2 aliphatic heterocycles. The molecule has 0 radical (unpaired) electrons. The summed E-state index contributed by atoms with van der Waals surface area (Å²) < 4.78 is 11.0. The summed E-state index contributed by atoms with van der Waals surface area (Å²) in [4.78, 5) is 45.5. The first-order valence-corrected chi connectivity index (χ1v) is 17.9. The molecule has 0 unspecified atom stereocenters. The van der Waals surface area contributed by atoms with Crippen LogP contribution in [0.5, 0.6) is 11.5 Å². The summed E-state index contributed by atoms with van der Waals surface area (Å²) in [6.45, 7) is 5.56.